The quantitative estimate of drug-likeness (QED) is 0.654. The fourth-order valence-corrected chi connectivity index (χ4v) is 3.69. The number of hydrogen-bond donors (Lipinski definition) is 2. The molecule has 0 spiro atoms. The molecule has 3 N–H and O–H groups in total. The van der Waals surface area contributed by atoms with Crippen molar-refractivity contribution in [2.24, 2.45) is 11.8 Å². The maximum atomic E-state index is 12.0. The Kier molecular flexibility index (Phi) is 3.55. The van der Waals surface area contributed by atoms with Gasteiger partial charge in [-0.1, -0.05) is 6.42 Å². The second-order valence-electron chi connectivity index (χ2n) is 5.95. The van der Waals surface area contributed by atoms with E-state index in [1.165, 1.54) is 25.7 Å². The number of benzene rings is 1. The van der Waals surface area contributed by atoms with E-state index in [4.69, 9.17) is 10.5 Å². The number of nitrogens with one attached hydrogen (secondary N) is 1. The van der Waals surface area contributed by atoms with E-state index >= 15 is 0 Å². The summed E-state index contributed by atoms with van der Waals surface area (Å²) in [5, 5.41) is 3.55. The van der Waals surface area contributed by atoms with Crippen LogP contribution in [0.15, 0.2) is 18.2 Å². The monoisotopic (exact) mass is 274 g/mol. The minimum absolute atomic E-state index is 0.301. The molecule has 0 saturated heterocycles. The van der Waals surface area contributed by atoms with Gasteiger partial charge in [0.15, 0.2) is 0 Å². The number of anilines is 2. The van der Waals surface area contributed by atoms with Crippen molar-refractivity contribution in [2.75, 3.05) is 17.7 Å². The van der Waals surface area contributed by atoms with Gasteiger partial charge in [-0.25, -0.2) is 4.79 Å². The Bertz CT molecular complexity index is 515. The number of ether oxygens (including phenoxy) is 1. The predicted octanol–water partition coefficient (Wildman–Crippen LogP) is 3.05. The molecule has 4 nitrogen and oxygen atoms in total. The number of fused-ring (bicyclic) bond motifs is 2. The first-order valence-electron chi connectivity index (χ1n) is 7.50. The van der Waals surface area contributed by atoms with Crippen molar-refractivity contribution in [3.63, 3.8) is 0 Å². The zero-order chi connectivity index (χ0) is 14.1. The summed E-state index contributed by atoms with van der Waals surface area (Å²) in [5.74, 6) is 1.33. The van der Waals surface area contributed by atoms with Crippen LogP contribution in [0.2, 0.25) is 0 Å². The van der Waals surface area contributed by atoms with Crippen molar-refractivity contribution in [3.05, 3.63) is 23.8 Å². The molecule has 0 amide bonds. The van der Waals surface area contributed by atoms with Crippen LogP contribution < -0.4 is 11.1 Å². The zero-order valence-electron chi connectivity index (χ0n) is 11.9. The van der Waals surface area contributed by atoms with Gasteiger partial charge in [0.2, 0.25) is 0 Å². The Morgan fingerprint density at radius 2 is 2.25 bits per heavy atom. The topological polar surface area (TPSA) is 64.3 Å². The number of hydrogen-bond acceptors (Lipinski definition) is 4. The summed E-state index contributed by atoms with van der Waals surface area (Å²) in [7, 11) is 0. The van der Waals surface area contributed by atoms with E-state index in [1.54, 1.807) is 6.07 Å². The van der Waals surface area contributed by atoms with Gasteiger partial charge in [-0.3, -0.25) is 0 Å². The Morgan fingerprint density at radius 3 is 2.90 bits per heavy atom. The van der Waals surface area contributed by atoms with Crippen molar-refractivity contribution in [1.82, 2.24) is 0 Å². The third-order valence-electron chi connectivity index (χ3n) is 4.62. The lowest BCUT2D eigenvalue weighted by atomic mass is 9.95. The molecule has 2 fully saturated rings. The van der Waals surface area contributed by atoms with Crippen molar-refractivity contribution in [3.8, 4) is 0 Å². The van der Waals surface area contributed by atoms with Crippen molar-refractivity contribution >= 4 is 17.3 Å². The normalized spacial score (nSPS) is 27.6. The molecule has 3 atom stereocenters. The number of nitrogen functional groups attached to an aromatic ring is 1. The number of nitrogens with two attached hydrogens (primary N) is 1. The highest BCUT2D eigenvalue weighted by molar-refractivity contribution is 5.96. The highest BCUT2D eigenvalue weighted by atomic mass is 16.5. The smallest absolute Gasteiger partial charge is 0.340 e. The molecule has 3 unspecified atom stereocenters. The maximum absolute atomic E-state index is 12.0. The van der Waals surface area contributed by atoms with Gasteiger partial charge in [0.25, 0.3) is 0 Å². The van der Waals surface area contributed by atoms with E-state index in [1.807, 2.05) is 19.1 Å². The Balaban J connectivity index is 1.80. The highest BCUT2D eigenvalue weighted by Gasteiger charge is 2.39. The van der Waals surface area contributed by atoms with Crippen LogP contribution in [-0.2, 0) is 4.74 Å². The molecule has 0 aliphatic heterocycles. The van der Waals surface area contributed by atoms with E-state index in [0.717, 1.165) is 17.5 Å². The zero-order valence-corrected chi connectivity index (χ0v) is 11.9. The molecule has 2 saturated carbocycles. The lowest BCUT2D eigenvalue weighted by Gasteiger charge is -2.25. The van der Waals surface area contributed by atoms with E-state index in [-0.39, 0.29) is 5.97 Å². The lowest BCUT2D eigenvalue weighted by Crippen LogP contribution is -2.27. The first kappa shape index (κ1) is 13.3. The molecule has 0 radical (unpaired) electrons. The molecule has 0 aromatic heterocycles. The van der Waals surface area contributed by atoms with Gasteiger partial charge >= 0.3 is 5.97 Å². The summed E-state index contributed by atoms with van der Waals surface area (Å²) < 4.78 is 5.12. The number of esters is 1. The second kappa shape index (κ2) is 5.35. The van der Waals surface area contributed by atoms with Gasteiger partial charge in [-0.15, -0.1) is 0 Å². The molecule has 1 aromatic rings. The fraction of sp³-hybridized carbons (Fsp3) is 0.562. The first-order valence-corrected chi connectivity index (χ1v) is 7.50. The maximum Gasteiger partial charge on any atom is 0.340 e. The summed E-state index contributed by atoms with van der Waals surface area (Å²) in [6.45, 7) is 2.19. The SMILES string of the molecule is CCOC(=O)c1cc(N)ccc1NC1CC2CCC1C2. The van der Waals surface area contributed by atoms with Crippen LogP contribution >= 0.6 is 0 Å². The van der Waals surface area contributed by atoms with Crippen LogP contribution in [0.25, 0.3) is 0 Å². The molecule has 108 valence electrons. The average molecular weight is 274 g/mol. The van der Waals surface area contributed by atoms with Gasteiger partial charge in [0, 0.05) is 17.4 Å². The van der Waals surface area contributed by atoms with Crippen LogP contribution in [0.4, 0.5) is 11.4 Å². The van der Waals surface area contributed by atoms with Crippen molar-refractivity contribution in [1.29, 1.82) is 0 Å². The molecule has 0 heterocycles. The molecule has 1 aromatic carbocycles. The standard InChI is InChI=1S/C16H22N2O2/c1-2-20-16(19)13-9-12(17)5-6-14(13)18-15-8-10-3-4-11(15)7-10/h5-6,9-11,15,18H,2-4,7-8,17H2,1H3. The third kappa shape index (κ3) is 2.47. The van der Waals surface area contributed by atoms with Gasteiger partial charge in [-0.05, 0) is 56.2 Å². The van der Waals surface area contributed by atoms with Gasteiger partial charge in [0.1, 0.15) is 0 Å². The van der Waals surface area contributed by atoms with Crippen LogP contribution in [0.3, 0.4) is 0 Å². The highest BCUT2D eigenvalue weighted by Crippen LogP contribution is 2.45. The van der Waals surface area contributed by atoms with E-state index in [0.29, 0.717) is 23.9 Å². The van der Waals surface area contributed by atoms with E-state index in [9.17, 15) is 4.79 Å². The minimum Gasteiger partial charge on any atom is -0.462 e. The van der Waals surface area contributed by atoms with Crippen LogP contribution in [0, 0.1) is 11.8 Å². The molecule has 2 aliphatic carbocycles. The van der Waals surface area contributed by atoms with Crippen molar-refractivity contribution < 1.29 is 9.53 Å². The summed E-state index contributed by atoms with van der Waals surface area (Å²) in [6.07, 6.45) is 5.24. The Morgan fingerprint density at radius 1 is 1.40 bits per heavy atom. The molecule has 4 heteroatoms. The van der Waals surface area contributed by atoms with Crippen LogP contribution in [-0.4, -0.2) is 18.6 Å². The number of carbonyl (C=O) groups is 1. The molecular weight excluding hydrogens is 252 g/mol. The van der Waals surface area contributed by atoms with Crippen LogP contribution in [0.5, 0.6) is 0 Å². The molecule has 3 rings (SSSR count). The minimum atomic E-state index is -0.301. The summed E-state index contributed by atoms with van der Waals surface area (Å²) >= 11 is 0. The average Bonchev–Trinajstić information content (AvgIpc) is 3.03. The van der Waals surface area contributed by atoms with Gasteiger partial charge in [0.05, 0.1) is 12.2 Å². The number of carbonyl (C=O) groups excluding carboxylic acids is 1. The Hall–Kier alpha value is -1.71. The van der Waals surface area contributed by atoms with Gasteiger partial charge < -0.3 is 15.8 Å². The predicted molar refractivity (Wildman–Crippen MR) is 79.7 cm³/mol. The largest absolute Gasteiger partial charge is 0.462 e. The van der Waals surface area contributed by atoms with E-state index in [2.05, 4.69) is 5.32 Å². The fourth-order valence-electron chi connectivity index (χ4n) is 3.69. The molecular formula is C16H22N2O2. The number of rotatable bonds is 4. The first-order chi connectivity index (χ1) is 9.67. The molecule has 2 aliphatic rings. The summed E-state index contributed by atoms with van der Waals surface area (Å²) in [6, 6.07) is 5.92. The van der Waals surface area contributed by atoms with Crippen LogP contribution in [0.1, 0.15) is 43.0 Å². The second-order valence-corrected chi connectivity index (χ2v) is 5.95. The van der Waals surface area contributed by atoms with E-state index < -0.39 is 0 Å². The third-order valence-corrected chi connectivity index (χ3v) is 4.62. The Labute approximate surface area is 119 Å². The summed E-state index contributed by atoms with van der Waals surface area (Å²) in [4.78, 5) is 12.0. The van der Waals surface area contributed by atoms with Crippen molar-refractivity contribution in [2.45, 2.75) is 38.6 Å². The van der Waals surface area contributed by atoms with Gasteiger partial charge in [-0.2, -0.15) is 0 Å². The molecule has 20 heavy (non-hydrogen) atoms. The molecule has 2 bridgehead atoms. The lowest BCUT2D eigenvalue weighted by molar-refractivity contribution is 0.0527. The summed E-state index contributed by atoms with van der Waals surface area (Å²) in [5.41, 5.74) is 7.79.